The molecule has 0 fully saturated rings. The van der Waals surface area contributed by atoms with Gasteiger partial charge in [0.1, 0.15) is 0 Å². The molecule has 0 heterocycles. The van der Waals surface area contributed by atoms with Gasteiger partial charge in [-0.25, -0.2) is 0 Å². The predicted molar refractivity (Wildman–Crippen MR) is 108 cm³/mol. The summed E-state index contributed by atoms with van der Waals surface area (Å²) in [6.45, 7) is 15.3. The third kappa shape index (κ3) is 5.39. The van der Waals surface area contributed by atoms with Crippen molar-refractivity contribution in [2.24, 2.45) is 5.92 Å². The van der Waals surface area contributed by atoms with Gasteiger partial charge in [-0.15, -0.1) is 0 Å². The largest absolute Gasteiger partial charge is 0.410 e. The molecular weight excluding hydrogens is 328 g/mol. The Morgan fingerprint density at radius 1 is 0.880 bits per heavy atom. The zero-order valence-electron chi connectivity index (χ0n) is 17.1. The van der Waals surface area contributed by atoms with Crippen LogP contribution in [-0.2, 0) is 10.8 Å². The number of aliphatic hydroxyl groups is 2. The van der Waals surface area contributed by atoms with Gasteiger partial charge in [-0.1, -0.05) is 71.9 Å². The predicted octanol–water partition coefficient (Wildman–Crippen LogP) is 4.78. The van der Waals surface area contributed by atoms with Crippen molar-refractivity contribution in [3.8, 4) is 0 Å². The number of hydrogen-bond acceptors (Lipinski definition) is 3. The topological polar surface area (TPSA) is 49.7 Å². The number of benzene rings is 1. The Balaban J connectivity index is 3.14. The first-order chi connectivity index (χ1) is 11.7. The van der Waals surface area contributed by atoms with E-state index in [0.717, 1.165) is 0 Å². The Kier molecular flexibility index (Phi) is 8.82. The first-order valence-electron chi connectivity index (χ1n) is 9.67. The molecule has 1 aromatic carbocycles. The molecule has 0 aliphatic rings. The molecule has 144 valence electrons. The summed E-state index contributed by atoms with van der Waals surface area (Å²) in [6.07, 6.45) is -0.237. The van der Waals surface area contributed by atoms with E-state index in [1.54, 1.807) is 6.92 Å². The van der Waals surface area contributed by atoms with Crippen LogP contribution in [0.5, 0.6) is 0 Å². The fraction of sp³-hybridized carbons (Fsp3) is 0.714. The zero-order chi connectivity index (χ0) is 19.2. The molecule has 25 heavy (non-hydrogen) atoms. The van der Waals surface area contributed by atoms with Crippen molar-refractivity contribution in [2.75, 3.05) is 6.61 Å². The summed E-state index contributed by atoms with van der Waals surface area (Å²) in [5, 5.41) is 20.5. The Bertz CT molecular complexity index is 463. The minimum absolute atomic E-state index is 0.0171. The highest BCUT2D eigenvalue weighted by Gasteiger charge is 2.48. The summed E-state index contributed by atoms with van der Waals surface area (Å²) in [7, 11) is -2.12. The van der Waals surface area contributed by atoms with Crippen LogP contribution in [0.15, 0.2) is 30.3 Å². The van der Waals surface area contributed by atoms with Crippen LogP contribution in [-0.4, -0.2) is 37.3 Å². The quantitative estimate of drug-likeness (QED) is 0.586. The van der Waals surface area contributed by atoms with Crippen LogP contribution in [0.1, 0.15) is 54.0 Å². The molecule has 0 bridgehead atoms. The standard InChI is InChI=1S/C21H38O3Si/c1-15(2)25(16(3)4,17(5)6)24-21(18(7)23)20(14-22)13-19-11-9-8-10-12-19/h8-12,15-18,20-23H,13-14H2,1-7H3. The second-order valence-corrected chi connectivity index (χ2v) is 13.7. The lowest BCUT2D eigenvalue weighted by Crippen LogP contribution is -2.54. The minimum atomic E-state index is -2.12. The van der Waals surface area contributed by atoms with Gasteiger partial charge in [-0.3, -0.25) is 0 Å². The lowest BCUT2D eigenvalue weighted by molar-refractivity contribution is -0.0171. The molecule has 0 aliphatic heterocycles. The van der Waals surface area contributed by atoms with E-state index in [1.807, 2.05) is 18.2 Å². The van der Waals surface area contributed by atoms with Gasteiger partial charge in [-0.2, -0.15) is 0 Å². The van der Waals surface area contributed by atoms with E-state index < -0.39 is 14.4 Å². The molecule has 3 unspecified atom stereocenters. The maximum atomic E-state index is 10.5. The Hall–Kier alpha value is -0.683. The van der Waals surface area contributed by atoms with Crippen LogP contribution in [0.3, 0.4) is 0 Å². The summed E-state index contributed by atoms with van der Waals surface area (Å²) in [5.41, 5.74) is 2.51. The van der Waals surface area contributed by atoms with E-state index in [4.69, 9.17) is 4.43 Å². The van der Waals surface area contributed by atoms with Gasteiger partial charge >= 0.3 is 0 Å². The van der Waals surface area contributed by atoms with Gasteiger partial charge in [0.2, 0.25) is 8.32 Å². The average molecular weight is 367 g/mol. The SMILES string of the molecule is CC(O)C(O[Si](C(C)C)(C(C)C)C(C)C)C(CO)Cc1ccccc1. The van der Waals surface area contributed by atoms with E-state index in [2.05, 4.69) is 53.7 Å². The first kappa shape index (κ1) is 22.4. The van der Waals surface area contributed by atoms with E-state index in [-0.39, 0.29) is 18.6 Å². The summed E-state index contributed by atoms with van der Waals surface area (Å²) in [4.78, 5) is 0. The van der Waals surface area contributed by atoms with Crippen molar-refractivity contribution < 1.29 is 14.6 Å². The third-order valence-corrected chi connectivity index (χ3v) is 11.7. The van der Waals surface area contributed by atoms with Gasteiger partial charge in [0.15, 0.2) is 0 Å². The molecule has 3 nitrogen and oxygen atoms in total. The van der Waals surface area contributed by atoms with Gasteiger partial charge in [0, 0.05) is 12.5 Å². The summed E-state index contributed by atoms with van der Waals surface area (Å²) in [6, 6.07) is 10.2. The summed E-state index contributed by atoms with van der Waals surface area (Å²) >= 11 is 0. The van der Waals surface area contributed by atoms with Gasteiger partial charge in [0.25, 0.3) is 0 Å². The molecule has 0 saturated carbocycles. The average Bonchev–Trinajstić information content (AvgIpc) is 2.53. The van der Waals surface area contributed by atoms with Crippen LogP contribution in [0.4, 0.5) is 0 Å². The first-order valence-corrected chi connectivity index (χ1v) is 11.8. The van der Waals surface area contributed by atoms with E-state index in [1.165, 1.54) is 5.56 Å². The highest BCUT2D eigenvalue weighted by molar-refractivity contribution is 6.77. The van der Waals surface area contributed by atoms with Crippen LogP contribution < -0.4 is 0 Å². The lowest BCUT2D eigenvalue weighted by Gasteiger charge is -2.46. The second-order valence-electron chi connectivity index (χ2n) is 8.27. The Morgan fingerprint density at radius 2 is 1.36 bits per heavy atom. The molecule has 0 saturated heterocycles. The maximum Gasteiger partial charge on any atom is 0.200 e. The Labute approximate surface area is 155 Å². The fourth-order valence-corrected chi connectivity index (χ4v) is 10.1. The van der Waals surface area contributed by atoms with Crippen molar-refractivity contribution in [3.63, 3.8) is 0 Å². The molecular formula is C21H38O3Si. The second kappa shape index (κ2) is 9.86. The van der Waals surface area contributed by atoms with Crippen molar-refractivity contribution in [1.29, 1.82) is 0 Å². The van der Waals surface area contributed by atoms with E-state index in [0.29, 0.717) is 23.0 Å². The highest BCUT2D eigenvalue weighted by Crippen LogP contribution is 2.44. The Morgan fingerprint density at radius 3 is 1.72 bits per heavy atom. The molecule has 0 aromatic heterocycles. The normalized spacial score (nSPS) is 16.5. The maximum absolute atomic E-state index is 10.5. The molecule has 0 amide bonds. The van der Waals surface area contributed by atoms with Gasteiger partial charge in [-0.05, 0) is 35.5 Å². The monoisotopic (exact) mass is 366 g/mol. The van der Waals surface area contributed by atoms with Crippen molar-refractivity contribution in [2.45, 2.75) is 83.7 Å². The molecule has 4 heteroatoms. The third-order valence-electron chi connectivity index (χ3n) is 5.56. The van der Waals surface area contributed by atoms with Crippen LogP contribution in [0, 0.1) is 5.92 Å². The summed E-state index contributed by atoms with van der Waals surface area (Å²) in [5.74, 6) is -0.106. The van der Waals surface area contributed by atoms with Crippen LogP contribution in [0.2, 0.25) is 16.6 Å². The zero-order valence-corrected chi connectivity index (χ0v) is 18.1. The smallest absolute Gasteiger partial charge is 0.200 e. The lowest BCUT2D eigenvalue weighted by atomic mass is 9.92. The molecule has 2 N–H and O–H groups in total. The number of aliphatic hydroxyl groups excluding tert-OH is 2. The molecule has 3 atom stereocenters. The van der Waals surface area contributed by atoms with Crippen molar-refractivity contribution >= 4 is 8.32 Å². The van der Waals surface area contributed by atoms with Crippen molar-refractivity contribution in [3.05, 3.63) is 35.9 Å². The molecule has 0 spiro atoms. The fourth-order valence-electron chi connectivity index (χ4n) is 4.43. The molecule has 1 aromatic rings. The van der Waals surface area contributed by atoms with E-state index in [9.17, 15) is 10.2 Å². The van der Waals surface area contributed by atoms with E-state index >= 15 is 0 Å². The number of hydrogen-bond donors (Lipinski definition) is 2. The molecule has 1 rings (SSSR count). The van der Waals surface area contributed by atoms with Crippen molar-refractivity contribution in [1.82, 2.24) is 0 Å². The van der Waals surface area contributed by atoms with Gasteiger partial charge in [0.05, 0.1) is 12.2 Å². The number of rotatable bonds is 10. The van der Waals surface area contributed by atoms with Crippen LogP contribution >= 0.6 is 0 Å². The highest BCUT2D eigenvalue weighted by atomic mass is 28.4. The molecule has 0 radical (unpaired) electrons. The van der Waals surface area contributed by atoms with Crippen LogP contribution in [0.25, 0.3) is 0 Å². The minimum Gasteiger partial charge on any atom is -0.410 e. The summed E-state index contributed by atoms with van der Waals surface area (Å²) < 4.78 is 6.84. The van der Waals surface area contributed by atoms with Gasteiger partial charge < -0.3 is 14.6 Å². The molecule has 0 aliphatic carbocycles.